The fourth-order valence-corrected chi connectivity index (χ4v) is 1.73. The normalized spacial score (nSPS) is 12.2. The van der Waals surface area contributed by atoms with Crippen molar-refractivity contribution in [3.63, 3.8) is 0 Å². The molecule has 0 aliphatic carbocycles. The lowest BCUT2D eigenvalue weighted by Gasteiger charge is -2.20. The Kier molecular flexibility index (Phi) is 5.32. The SMILES string of the molecule is CC(C)(CCl)C(=O)Nc1ccc(OC(F)(F)F)c(Br)c1. The van der Waals surface area contributed by atoms with Crippen LogP contribution in [0.15, 0.2) is 22.7 Å². The number of ether oxygens (including phenoxy) is 1. The van der Waals surface area contributed by atoms with Gasteiger partial charge in [-0.15, -0.1) is 24.8 Å². The van der Waals surface area contributed by atoms with E-state index in [9.17, 15) is 18.0 Å². The van der Waals surface area contributed by atoms with Gasteiger partial charge in [0.25, 0.3) is 0 Å². The van der Waals surface area contributed by atoms with Crippen molar-refractivity contribution in [2.24, 2.45) is 5.41 Å². The summed E-state index contributed by atoms with van der Waals surface area (Å²) in [5, 5.41) is 2.57. The molecule has 1 aromatic rings. The Labute approximate surface area is 127 Å². The van der Waals surface area contributed by atoms with Crippen LogP contribution in [-0.4, -0.2) is 18.1 Å². The molecule has 0 bridgehead atoms. The summed E-state index contributed by atoms with van der Waals surface area (Å²) in [6, 6.07) is 3.75. The van der Waals surface area contributed by atoms with Crippen LogP contribution < -0.4 is 10.1 Å². The quantitative estimate of drug-likeness (QED) is 0.785. The first-order chi connectivity index (χ1) is 9.05. The molecule has 20 heavy (non-hydrogen) atoms. The first-order valence-corrected chi connectivity index (χ1v) is 6.80. The van der Waals surface area contributed by atoms with Crippen LogP contribution in [-0.2, 0) is 4.79 Å². The lowest BCUT2D eigenvalue weighted by atomic mass is 9.95. The molecular weight excluding hydrogens is 362 g/mol. The smallest absolute Gasteiger partial charge is 0.405 e. The molecule has 1 N–H and O–H groups in total. The molecule has 0 saturated heterocycles. The number of hydrogen-bond donors (Lipinski definition) is 1. The van der Waals surface area contributed by atoms with Gasteiger partial charge in [-0.2, -0.15) is 0 Å². The standard InChI is InChI=1S/C12H12BrClF3NO2/c1-11(2,6-14)10(19)18-7-3-4-9(8(13)5-7)20-12(15,16)17/h3-5H,6H2,1-2H3,(H,18,19). The molecule has 0 aliphatic rings. The van der Waals surface area contributed by atoms with Crippen molar-refractivity contribution in [2.75, 3.05) is 11.2 Å². The second-order valence-corrected chi connectivity index (χ2v) is 5.79. The molecule has 0 unspecified atom stereocenters. The van der Waals surface area contributed by atoms with Crippen molar-refractivity contribution in [3.8, 4) is 5.75 Å². The summed E-state index contributed by atoms with van der Waals surface area (Å²) in [5.41, 5.74) is -0.440. The Morgan fingerprint density at radius 3 is 2.45 bits per heavy atom. The minimum absolute atomic E-state index is 0.0799. The summed E-state index contributed by atoms with van der Waals surface area (Å²) < 4.78 is 40.2. The maximum atomic E-state index is 12.1. The van der Waals surface area contributed by atoms with E-state index in [1.807, 2.05) is 0 Å². The lowest BCUT2D eigenvalue weighted by molar-refractivity contribution is -0.274. The number of carbonyl (C=O) groups excluding carboxylic acids is 1. The number of benzene rings is 1. The van der Waals surface area contributed by atoms with E-state index in [0.717, 1.165) is 6.07 Å². The van der Waals surface area contributed by atoms with Crippen LogP contribution in [0.1, 0.15) is 13.8 Å². The van der Waals surface area contributed by atoms with Crippen LogP contribution in [0.3, 0.4) is 0 Å². The van der Waals surface area contributed by atoms with E-state index >= 15 is 0 Å². The van der Waals surface area contributed by atoms with Crippen molar-refractivity contribution >= 4 is 39.1 Å². The first-order valence-electron chi connectivity index (χ1n) is 5.48. The van der Waals surface area contributed by atoms with Gasteiger partial charge in [0, 0.05) is 11.6 Å². The van der Waals surface area contributed by atoms with E-state index in [1.165, 1.54) is 12.1 Å². The van der Waals surface area contributed by atoms with Crippen molar-refractivity contribution < 1.29 is 22.7 Å². The molecule has 0 saturated carbocycles. The number of rotatable bonds is 4. The number of carbonyl (C=O) groups is 1. The third kappa shape index (κ3) is 4.86. The average molecular weight is 375 g/mol. The topological polar surface area (TPSA) is 38.3 Å². The maximum absolute atomic E-state index is 12.1. The Hall–Kier alpha value is -0.950. The fraction of sp³-hybridized carbons (Fsp3) is 0.417. The lowest BCUT2D eigenvalue weighted by Crippen LogP contribution is -2.32. The minimum atomic E-state index is -4.77. The monoisotopic (exact) mass is 373 g/mol. The number of alkyl halides is 4. The van der Waals surface area contributed by atoms with Gasteiger partial charge in [0.2, 0.25) is 5.91 Å². The van der Waals surface area contributed by atoms with E-state index in [2.05, 4.69) is 26.0 Å². The molecule has 0 aliphatic heterocycles. The predicted octanol–water partition coefficient (Wildman–Crippen LogP) is 4.55. The van der Waals surface area contributed by atoms with Gasteiger partial charge < -0.3 is 10.1 Å². The zero-order chi connectivity index (χ0) is 15.6. The van der Waals surface area contributed by atoms with E-state index in [0.29, 0.717) is 5.69 Å². The molecule has 0 atom stereocenters. The van der Waals surface area contributed by atoms with Crippen LogP contribution in [0.5, 0.6) is 5.75 Å². The maximum Gasteiger partial charge on any atom is 0.573 e. The Bertz CT molecular complexity index is 506. The van der Waals surface area contributed by atoms with Gasteiger partial charge in [-0.1, -0.05) is 0 Å². The predicted molar refractivity (Wildman–Crippen MR) is 74.0 cm³/mol. The van der Waals surface area contributed by atoms with Gasteiger partial charge in [-0.25, -0.2) is 0 Å². The Morgan fingerprint density at radius 1 is 1.40 bits per heavy atom. The van der Waals surface area contributed by atoms with Crippen molar-refractivity contribution in [3.05, 3.63) is 22.7 Å². The van der Waals surface area contributed by atoms with Gasteiger partial charge >= 0.3 is 6.36 Å². The summed E-state index contributed by atoms with van der Waals surface area (Å²) in [7, 11) is 0. The van der Waals surface area contributed by atoms with E-state index in [4.69, 9.17) is 11.6 Å². The summed E-state index contributed by atoms with van der Waals surface area (Å²) in [6.45, 7) is 3.32. The summed E-state index contributed by atoms with van der Waals surface area (Å²) in [4.78, 5) is 11.9. The Morgan fingerprint density at radius 2 is 2.00 bits per heavy atom. The molecular formula is C12H12BrClF3NO2. The second kappa shape index (κ2) is 6.22. The van der Waals surface area contributed by atoms with Crippen LogP contribution in [0, 0.1) is 5.41 Å². The number of nitrogens with one attached hydrogen (secondary N) is 1. The van der Waals surface area contributed by atoms with Gasteiger partial charge in [-0.3, -0.25) is 4.79 Å². The largest absolute Gasteiger partial charge is 0.573 e. The highest BCUT2D eigenvalue weighted by Crippen LogP contribution is 2.33. The number of hydrogen-bond acceptors (Lipinski definition) is 2. The third-order valence-corrected chi connectivity index (χ3v) is 3.65. The molecule has 3 nitrogen and oxygen atoms in total. The van der Waals surface area contributed by atoms with E-state index in [1.54, 1.807) is 13.8 Å². The molecule has 0 spiro atoms. The zero-order valence-corrected chi connectivity index (χ0v) is 13.0. The van der Waals surface area contributed by atoms with E-state index in [-0.39, 0.29) is 22.0 Å². The highest BCUT2D eigenvalue weighted by Gasteiger charge is 2.32. The molecule has 0 radical (unpaired) electrons. The van der Waals surface area contributed by atoms with Crippen molar-refractivity contribution in [1.29, 1.82) is 0 Å². The van der Waals surface area contributed by atoms with Crippen LogP contribution in [0.25, 0.3) is 0 Å². The van der Waals surface area contributed by atoms with Crippen molar-refractivity contribution in [2.45, 2.75) is 20.2 Å². The molecule has 1 amide bonds. The molecule has 1 aromatic carbocycles. The molecule has 8 heteroatoms. The average Bonchev–Trinajstić information content (AvgIpc) is 2.31. The highest BCUT2D eigenvalue weighted by atomic mass is 79.9. The molecule has 0 aromatic heterocycles. The van der Waals surface area contributed by atoms with Gasteiger partial charge in [0.1, 0.15) is 5.75 Å². The van der Waals surface area contributed by atoms with E-state index < -0.39 is 11.8 Å². The Balaban J connectivity index is 2.86. The molecule has 1 rings (SSSR count). The second-order valence-electron chi connectivity index (χ2n) is 4.66. The summed E-state index contributed by atoms with van der Waals surface area (Å²) in [6.07, 6.45) is -4.77. The van der Waals surface area contributed by atoms with Gasteiger partial charge in [-0.05, 0) is 48.0 Å². The third-order valence-electron chi connectivity index (χ3n) is 2.36. The molecule has 0 fully saturated rings. The van der Waals surface area contributed by atoms with Gasteiger partial charge in [0.15, 0.2) is 0 Å². The first kappa shape index (κ1) is 17.1. The number of halogens is 5. The highest BCUT2D eigenvalue weighted by molar-refractivity contribution is 9.10. The summed E-state index contributed by atoms with van der Waals surface area (Å²) >= 11 is 8.62. The van der Waals surface area contributed by atoms with Crippen LogP contribution in [0.2, 0.25) is 0 Å². The zero-order valence-electron chi connectivity index (χ0n) is 10.6. The number of anilines is 1. The van der Waals surface area contributed by atoms with Crippen LogP contribution >= 0.6 is 27.5 Å². The molecule has 0 heterocycles. The molecule has 112 valence electrons. The fourth-order valence-electron chi connectivity index (χ4n) is 1.15. The van der Waals surface area contributed by atoms with Gasteiger partial charge in [0.05, 0.1) is 9.89 Å². The van der Waals surface area contributed by atoms with Crippen molar-refractivity contribution in [1.82, 2.24) is 0 Å². The number of amides is 1. The van der Waals surface area contributed by atoms with Crippen LogP contribution in [0.4, 0.5) is 18.9 Å². The summed E-state index contributed by atoms with van der Waals surface area (Å²) in [5.74, 6) is -0.592. The minimum Gasteiger partial charge on any atom is -0.405 e.